The van der Waals surface area contributed by atoms with Gasteiger partial charge in [-0.05, 0) is 36.9 Å². The van der Waals surface area contributed by atoms with Crippen LogP contribution < -0.4 is 10.2 Å². The van der Waals surface area contributed by atoms with Crippen molar-refractivity contribution in [3.8, 4) is 0 Å². The van der Waals surface area contributed by atoms with E-state index in [2.05, 4.69) is 5.32 Å². The van der Waals surface area contributed by atoms with Crippen molar-refractivity contribution in [1.82, 2.24) is 5.32 Å². The second-order valence-electron chi connectivity index (χ2n) is 5.66. The lowest BCUT2D eigenvalue weighted by molar-refractivity contribution is -0.120. The number of hydrogen-bond donors (Lipinski definition) is 1. The monoisotopic (exact) mass is 378 g/mol. The maximum absolute atomic E-state index is 14.0. The van der Waals surface area contributed by atoms with Gasteiger partial charge in [0.05, 0.1) is 23.8 Å². The molecule has 25 heavy (non-hydrogen) atoms. The first-order chi connectivity index (χ1) is 12.0. The number of hydrogen-bond acceptors (Lipinski definition) is 4. The quantitative estimate of drug-likeness (QED) is 0.827. The highest BCUT2D eigenvalue weighted by Crippen LogP contribution is 2.37. The lowest BCUT2D eigenvalue weighted by Crippen LogP contribution is -2.45. The first-order valence-electron chi connectivity index (χ1n) is 7.68. The summed E-state index contributed by atoms with van der Waals surface area (Å²) >= 11 is 7.31. The molecular weight excluding hydrogens is 363 g/mol. The molecule has 1 amide bonds. The molecule has 0 spiro atoms. The van der Waals surface area contributed by atoms with Crippen molar-refractivity contribution in [2.45, 2.75) is 17.5 Å². The largest absolute Gasteiger partial charge is 0.308 e. The number of benzene rings is 2. The topological polar surface area (TPSA) is 49.4 Å². The van der Waals surface area contributed by atoms with Gasteiger partial charge in [0.15, 0.2) is 6.29 Å². The molecule has 1 N–H and O–H groups in total. The smallest absolute Gasteiger partial charge is 0.245 e. The molecule has 1 heterocycles. The molecule has 2 aromatic carbocycles. The van der Waals surface area contributed by atoms with Gasteiger partial charge in [-0.25, -0.2) is 4.39 Å². The van der Waals surface area contributed by atoms with E-state index in [4.69, 9.17) is 11.6 Å². The molecule has 7 heteroatoms. The van der Waals surface area contributed by atoms with E-state index in [0.717, 1.165) is 5.56 Å². The van der Waals surface area contributed by atoms with Gasteiger partial charge < -0.3 is 10.2 Å². The van der Waals surface area contributed by atoms with Gasteiger partial charge in [0.1, 0.15) is 5.82 Å². The van der Waals surface area contributed by atoms with Crippen LogP contribution in [0.3, 0.4) is 0 Å². The third-order valence-electron chi connectivity index (χ3n) is 4.07. The van der Waals surface area contributed by atoms with Gasteiger partial charge in [-0.15, -0.1) is 11.8 Å². The average molecular weight is 379 g/mol. The summed E-state index contributed by atoms with van der Waals surface area (Å²) in [6.45, 7) is 0.311. The van der Waals surface area contributed by atoms with Crippen LogP contribution >= 0.6 is 23.4 Å². The predicted octanol–water partition coefficient (Wildman–Crippen LogP) is 3.52. The Morgan fingerprint density at radius 1 is 1.36 bits per heavy atom. The van der Waals surface area contributed by atoms with Gasteiger partial charge >= 0.3 is 0 Å². The standard InChI is InChI=1S/C18H16ClFN2O2S/c1-21-15-10-25-17-7-14(20)12(9-23)6-16(17)22(18(15)24)8-11-2-4-13(19)5-3-11/h2-7,9,15,21H,8,10H2,1H3/t15-/m0/s1. The van der Waals surface area contributed by atoms with Crippen LogP contribution in [0.15, 0.2) is 41.3 Å². The SMILES string of the molecule is CN[C@H]1CSc2cc(F)c(C=O)cc2N(Cc2ccc(Cl)cc2)C1=O. The van der Waals surface area contributed by atoms with Gasteiger partial charge in [0.25, 0.3) is 0 Å². The molecule has 0 aromatic heterocycles. The number of nitrogens with zero attached hydrogens (tertiary/aromatic N) is 1. The van der Waals surface area contributed by atoms with Gasteiger partial charge in [0.2, 0.25) is 5.91 Å². The van der Waals surface area contributed by atoms with E-state index in [1.807, 2.05) is 12.1 Å². The molecule has 0 radical (unpaired) electrons. The van der Waals surface area contributed by atoms with Gasteiger partial charge in [-0.3, -0.25) is 9.59 Å². The van der Waals surface area contributed by atoms with Crippen LogP contribution in [0.2, 0.25) is 5.02 Å². The van der Waals surface area contributed by atoms with Gasteiger partial charge in [-0.2, -0.15) is 0 Å². The van der Waals surface area contributed by atoms with E-state index >= 15 is 0 Å². The molecule has 0 bridgehead atoms. The fourth-order valence-corrected chi connectivity index (χ4v) is 3.96. The lowest BCUT2D eigenvalue weighted by atomic mass is 10.1. The zero-order valence-electron chi connectivity index (χ0n) is 13.5. The molecule has 0 aliphatic carbocycles. The maximum Gasteiger partial charge on any atom is 0.245 e. The van der Waals surface area contributed by atoms with Crippen LogP contribution in [0.25, 0.3) is 0 Å². The number of carbonyl (C=O) groups excluding carboxylic acids is 2. The first-order valence-corrected chi connectivity index (χ1v) is 9.04. The fraction of sp³-hybridized carbons (Fsp3) is 0.222. The molecule has 3 rings (SSSR count). The summed E-state index contributed by atoms with van der Waals surface area (Å²) in [4.78, 5) is 26.3. The highest BCUT2D eigenvalue weighted by Gasteiger charge is 2.31. The molecule has 1 aliphatic rings. The molecule has 0 saturated heterocycles. The van der Waals surface area contributed by atoms with Gasteiger partial charge in [-0.1, -0.05) is 23.7 Å². The first kappa shape index (κ1) is 17.9. The zero-order valence-corrected chi connectivity index (χ0v) is 15.0. The number of halogens is 2. The second kappa shape index (κ2) is 7.56. The van der Waals surface area contributed by atoms with Crippen LogP contribution in [0.4, 0.5) is 10.1 Å². The number of amides is 1. The Labute approximate surface area is 154 Å². The summed E-state index contributed by atoms with van der Waals surface area (Å²) in [7, 11) is 1.72. The van der Waals surface area contributed by atoms with Crippen LogP contribution in [0.1, 0.15) is 15.9 Å². The van der Waals surface area contributed by atoms with Crippen molar-refractivity contribution in [2.24, 2.45) is 0 Å². The van der Waals surface area contributed by atoms with E-state index in [1.54, 1.807) is 24.1 Å². The fourth-order valence-electron chi connectivity index (χ4n) is 2.67. The molecule has 130 valence electrons. The average Bonchev–Trinajstić information content (AvgIpc) is 2.73. The van der Waals surface area contributed by atoms with Crippen LogP contribution in [0, 0.1) is 5.82 Å². The van der Waals surface area contributed by atoms with Crippen molar-refractivity contribution < 1.29 is 14.0 Å². The minimum atomic E-state index is -0.581. The number of likely N-dealkylation sites (N-methyl/N-ethyl adjacent to an activating group) is 1. The van der Waals surface area contributed by atoms with E-state index in [0.29, 0.717) is 34.2 Å². The van der Waals surface area contributed by atoms with Crippen molar-refractivity contribution in [3.05, 3.63) is 58.4 Å². The number of thioether (sulfide) groups is 1. The van der Waals surface area contributed by atoms with Crippen molar-refractivity contribution >= 4 is 41.2 Å². The van der Waals surface area contributed by atoms with Crippen LogP contribution in [-0.4, -0.2) is 31.0 Å². The normalized spacial score (nSPS) is 17.2. The minimum Gasteiger partial charge on any atom is -0.308 e. The number of anilines is 1. The molecule has 1 aliphatic heterocycles. The van der Waals surface area contributed by atoms with E-state index in [-0.39, 0.29) is 11.5 Å². The summed E-state index contributed by atoms with van der Waals surface area (Å²) in [5.41, 5.74) is 1.38. The zero-order chi connectivity index (χ0) is 18.0. The Morgan fingerprint density at radius 3 is 2.72 bits per heavy atom. The highest BCUT2D eigenvalue weighted by atomic mass is 35.5. The number of nitrogens with one attached hydrogen (secondary N) is 1. The summed E-state index contributed by atoms with van der Waals surface area (Å²) in [6, 6.07) is 9.56. The Hall–Kier alpha value is -1.89. The van der Waals surface area contributed by atoms with Crippen LogP contribution in [-0.2, 0) is 11.3 Å². The molecule has 2 aromatic rings. The summed E-state index contributed by atoms with van der Waals surface area (Å²) in [6.07, 6.45) is 0.464. The maximum atomic E-state index is 14.0. The lowest BCUT2D eigenvalue weighted by Gasteiger charge is -2.26. The predicted molar refractivity (Wildman–Crippen MR) is 98.0 cm³/mol. The number of aldehydes is 1. The van der Waals surface area contributed by atoms with E-state index < -0.39 is 11.9 Å². The van der Waals surface area contributed by atoms with Gasteiger partial charge in [0, 0.05) is 15.7 Å². The third kappa shape index (κ3) is 3.71. The Bertz CT molecular complexity index is 813. The molecule has 4 nitrogen and oxygen atoms in total. The molecular formula is C18H16ClFN2O2S. The van der Waals surface area contributed by atoms with Crippen LogP contribution in [0.5, 0.6) is 0 Å². The van der Waals surface area contributed by atoms with E-state index in [9.17, 15) is 14.0 Å². The number of rotatable bonds is 4. The Morgan fingerprint density at radius 2 is 2.08 bits per heavy atom. The van der Waals surface area contributed by atoms with E-state index in [1.165, 1.54) is 23.9 Å². The summed E-state index contributed by atoms with van der Waals surface area (Å²) < 4.78 is 14.0. The third-order valence-corrected chi connectivity index (χ3v) is 5.46. The highest BCUT2D eigenvalue weighted by molar-refractivity contribution is 7.99. The van der Waals surface area contributed by atoms with Crippen molar-refractivity contribution in [1.29, 1.82) is 0 Å². The Kier molecular flexibility index (Phi) is 5.42. The molecule has 0 saturated carbocycles. The Balaban J connectivity index is 2.06. The summed E-state index contributed by atoms with van der Waals surface area (Å²) in [5, 5.41) is 3.61. The molecule has 1 atom stereocenters. The molecule has 0 unspecified atom stereocenters. The summed E-state index contributed by atoms with van der Waals surface area (Å²) in [5.74, 6) is -0.213. The van der Waals surface area contributed by atoms with Crippen molar-refractivity contribution in [3.63, 3.8) is 0 Å². The minimum absolute atomic E-state index is 0.0591. The number of carbonyl (C=O) groups is 2. The molecule has 0 fully saturated rings. The number of fused-ring (bicyclic) bond motifs is 1. The second-order valence-corrected chi connectivity index (χ2v) is 7.16. The van der Waals surface area contributed by atoms with Crippen molar-refractivity contribution in [2.75, 3.05) is 17.7 Å².